The van der Waals surface area contributed by atoms with Gasteiger partial charge in [0.25, 0.3) is 0 Å². The molecule has 1 aromatic rings. The quantitative estimate of drug-likeness (QED) is 0.753. The van der Waals surface area contributed by atoms with Crippen LogP contribution in [0.1, 0.15) is 46.0 Å². The summed E-state index contributed by atoms with van der Waals surface area (Å²) in [7, 11) is 0. The number of hydrogen-bond donors (Lipinski definition) is 1. The zero-order chi connectivity index (χ0) is 16.5. The first-order valence-corrected chi connectivity index (χ1v) is 9.10. The Morgan fingerprint density at radius 1 is 1.04 bits per heavy atom. The van der Waals surface area contributed by atoms with Crippen molar-refractivity contribution in [3.8, 4) is 0 Å². The number of rotatable bonds is 9. The Morgan fingerprint density at radius 3 is 2.22 bits per heavy atom. The van der Waals surface area contributed by atoms with Crippen molar-refractivity contribution in [2.24, 2.45) is 0 Å². The van der Waals surface area contributed by atoms with Gasteiger partial charge in [0.15, 0.2) is 0 Å². The molecule has 0 atom stereocenters. The number of benzene rings is 1. The van der Waals surface area contributed by atoms with E-state index < -0.39 is 0 Å². The van der Waals surface area contributed by atoms with E-state index in [0.717, 1.165) is 51.3 Å². The van der Waals surface area contributed by atoms with Gasteiger partial charge in [-0.25, -0.2) is 0 Å². The number of carbonyl (C=O) groups is 1. The Balaban J connectivity index is 1.78. The molecule has 0 unspecified atom stereocenters. The molecule has 128 valence electrons. The van der Waals surface area contributed by atoms with Crippen LogP contribution in [0, 0.1) is 0 Å². The molecule has 0 aliphatic carbocycles. The minimum atomic E-state index is 0.108. The van der Waals surface area contributed by atoms with Crippen molar-refractivity contribution < 1.29 is 4.79 Å². The highest BCUT2D eigenvalue weighted by Crippen LogP contribution is 2.22. The SMILES string of the molecule is CCCN(CCC)CCC(=O)Nc1ccc(N2CCCC2)cc1. The maximum absolute atomic E-state index is 12.1. The van der Waals surface area contributed by atoms with E-state index >= 15 is 0 Å². The fraction of sp³-hybridized carbons (Fsp3) is 0.632. The minimum absolute atomic E-state index is 0.108. The van der Waals surface area contributed by atoms with Crippen molar-refractivity contribution in [2.75, 3.05) is 42.9 Å². The highest BCUT2D eigenvalue weighted by Gasteiger charge is 2.12. The number of nitrogens with one attached hydrogen (secondary N) is 1. The summed E-state index contributed by atoms with van der Waals surface area (Å²) < 4.78 is 0. The van der Waals surface area contributed by atoms with Crippen LogP contribution in [0.25, 0.3) is 0 Å². The molecule has 1 aromatic carbocycles. The van der Waals surface area contributed by atoms with Crippen molar-refractivity contribution in [2.45, 2.75) is 46.0 Å². The van der Waals surface area contributed by atoms with Crippen LogP contribution in [-0.2, 0) is 4.79 Å². The predicted molar refractivity (Wildman–Crippen MR) is 98.2 cm³/mol. The van der Waals surface area contributed by atoms with E-state index in [1.165, 1.54) is 18.5 Å². The van der Waals surface area contributed by atoms with Gasteiger partial charge < -0.3 is 15.1 Å². The lowest BCUT2D eigenvalue weighted by Crippen LogP contribution is -2.29. The molecule has 1 fully saturated rings. The van der Waals surface area contributed by atoms with E-state index in [0.29, 0.717) is 6.42 Å². The third kappa shape index (κ3) is 5.87. The number of anilines is 2. The number of amides is 1. The summed E-state index contributed by atoms with van der Waals surface area (Å²) in [5, 5.41) is 3.02. The molecule has 1 saturated heterocycles. The van der Waals surface area contributed by atoms with Crippen molar-refractivity contribution in [3.05, 3.63) is 24.3 Å². The monoisotopic (exact) mass is 317 g/mol. The largest absolute Gasteiger partial charge is 0.372 e. The van der Waals surface area contributed by atoms with Gasteiger partial charge in [-0.2, -0.15) is 0 Å². The second-order valence-electron chi connectivity index (χ2n) is 6.38. The van der Waals surface area contributed by atoms with Crippen molar-refractivity contribution in [1.82, 2.24) is 4.90 Å². The third-order valence-corrected chi connectivity index (χ3v) is 4.36. The van der Waals surface area contributed by atoms with Crippen LogP contribution in [-0.4, -0.2) is 43.5 Å². The van der Waals surface area contributed by atoms with E-state index in [4.69, 9.17) is 0 Å². The Hall–Kier alpha value is -1.55. The predicted octanol–water partition coefficient (Wildman–Crippen LogP) is 3.74. The van der Waals surface area contributed by atoms with Crippen molar-refractivity contribution in [3.63, 3.8) is 0 Å². The Morgan fingerprint density at radius 2 is 1.65 bits per heavy atom. The Kier molecular flexibility index (Phi) is 7.40. The van der Waals surface area contributed by atoms with Gasteiger partial charge in [-0.15, -0.1) is 0 Å². The molecule has 1 N–H and O–H groups in total. The fourth-order valence-corrected chi connectivity index (χ4v) is 3.18. The normalized spacial score (nSPS) is 14.5. The molecular formula is C19H31N3O. The van der Waals surface area contributed by atoms with Gasteiger partial charge in [0.1, 0.15) is 0 Å². The molecule has 0 aromatic heterocycles. The maximum Gasteiger partial charge on any atom is 0.225 e. The second kappa shape index (κ2) is 9.56. The molecule has 0 radical (unpaired) electrons. The minimum Gasteiger partial charge on any atom is -0.372 e. The van der Waals surface area contributed by atoms with Gasteiger partial charge in [0.05, 0.1) is 0 Å². The van der Waals surface area contributed by atoms with Crippen LogP contribution >= 0.6 is 0 Å². The summed E-state index contributed by atoms with van der Waals surface area (Å²) in [6.07, 6.45) is 5.40. The summed E-state index contributed by atoms with van der Waals surface area (Å²) in [6, 6.07) is 8.26. The highest BCUT2D eigenvalue weighted by molar-refractivity contribution is 5.91. The number of nitrogens with zero attached hydrogens (tertiary/aromatic N) is 2. The first kappa shape index (κ1) is 17.8. The summed E-state index contributed by atoms with van der Waals surface area (Å²) in [5.41, 5.74) is 2.16. The average Bonchev–Trinajstić information content (AvgIpc) is 3.08. The van der Waals surface area contributed by atoms with Gasteiger partial charge in [-0.05, 0) is 63.0 Å². The van der Waals surface area contributed by atoms with Crippen molar-refractivity contribution >= 4 is 17.3 Å². The Labute approximate surface area is 140 Å². The van der Waals surface area contributed by atoms with Gasteiger partial charge in [0.2, 0.25) is 5.91 Å². The molecule has 4 heteroatoms. The van der Waals surface area contributed by atoms with Gasteiger partial charge in [-0.1, -0.05) is 13.8 Å². The van der Waals surface area contributed by atoms with Gasteiger partial charge in [-0.3, -0.25) is 4.79 Å². The fourth-order valence-electron chi connectivity index (χ4n) is 3.18. The number of carbonyl (C=O) groups excluding carboxylic acids is 1. The van der Waals surface area contributed by atoms with E-state index in [2.05, 4.69) is 41.1 Å². The lowest BCUT2D eigenvalue weighted by Gasteiger charge is -2.20. The van der Waals surface area contributed by atoms with Crippen LogP contribution in [0.2, 0.25) is 0 Å². The topological polar surface area (TPSA) is 35.6 Å². The molecule has 1 heterocycles. The molecule has 0 saturated carbocycles. The summed E-state index contributed by atoms with van der Waals surface area (Å²) in [6.45, 7) is 9.67. The molecule has 1 amide bonds. The van der Waals surface area contributed by atoms with E-state index in [-0.39, 0.29) is 5.91 Å². The first-order valence-electron chi connectivity index (χ1n) is 9.10. The second-order valence-corrected chi connectivity index (χ2v) is 6.38. The molecule has 4 nitrogen and oxygen atoms in total. The number of hydrogen-bond acceptors (Lipinski definition) is 3. The van der Waals surface area contributed by atoms with Crippen LogP contribution in [0.4, 0.5) is 11.4 Å². The van der Waals surface area contributed by atoms with Crippen LogP contribution in [0.3, 0.4) is 0 Å². The lowest BCUT2D eigenvalue weighted by molar-refractivity contribution is -0.116. The van der Waals surface area contributed by atoms with Crippen LogP contribution in [0.15, 0.2) is 24.3 Å². The highest BCUT2D eigenvalue weighted by atomic mass is 16.1. The van der Waals surface area contributed by atoms with Gasteiger partial charge >= 0.3 is 0 Å². The zero-order valence-electron chi connectivity index (χ0n) is 14.7. The first-order chi connectivity index (χ1) is 11.2. The van der Waals surface area contributed by atoms with Crippen LogP contribution < -0.4 is 10.2 Å². The molecule has 0 spiro atoms. The molecular weight excluding hydrogens is 286 g/mol. The Bertz CT molecular complexity index is 460. The standard InChI is InChI=1S/C19H31N3O/c1-3-12-21(13-4-2)16-11-19(23)20-17-7-9-18(10-8-17)22-14-5-6-15-22/h7-10H,3-6,11-16H2,1-2H3,(H,20,23). The molecule has 0 bridgehead atoms. The van der Waals surface area contributed by atoms with Gasteiger partial charge in [0, 0.05) is 37.4 Å². The molecule has 1 aliphatic heterocycles. The van der Waals surface area contributed by atoms with E-state index in [1.807, 2.05) is 12.1 Å². The molecule has 23 heavy (non-hydrogen) atoms. The smallest absolute Gasteiger partial charge is 0.225 e. The molecule has 1 aliphatic rings. The average molecular weight is 317 g/mol. The molecule has 2 rings (SSSR count). The maximum atomic E-state index is 12.1. The van der Waals surface area contributed by atoms with Crippen molar-refractivity contribution in [1.29, 1.82) is 0 Å². The summed E-state index contributed by atoms with van der Waals surface area (Å²) in [5.74, 6) is 0.108. The van der Waals surface area contributed by atoms with Crippen LogP contribution in [0.5, 0.6) is 0 Å². The lowest BCUT2D eigenvalue weighted by atomic mass is 10.2. The van der Waals surface area contributed by atoms with E-state index in [9.17, 15) is 4.79 Å². The van der Waals surface area contributed by atoms with E-state index in [1.54, 1.807) is 0 Å². The summed E-state index contributed by atoms with van der Waals surface area (Å²) >= 11 is 0. The zero-order valence-corrected chi connectivity index (χ0v) is 14.7. The third-order valence-electron chi connectivity index (χ3n) is 4.36. The summed E-state index contributed by atoms with van der Waals surface area (Å²) in [4.78, 5) is 16.9.